The van der Waals surface area contributed by atoms with Gasteiger partial charge in [0.1, 0.15) is 0 Å². The van der Waals surface area contributed by atoms with E-state index in [9.17, 15) is 9.90 Å². The molecule has 1 aliphatic heterocycles. The maximum atomic E-state index is 11.7. The molecule has 0 aromatic carbocycles. The van der Waals surface area contributed by atoms with Crippen molar-refractivity contribution in [1.82, 2.24) is 0 Å². The topological polar surface area (TPSA) is 46.5 Å². The largest absolute Gasteiger partial charge is 0.465 e. The third-order valence-corrected chi connectivity index (χ3v) is 4.48. The van der Waals surface area contributed by atoms with Gasteiger partial charge >= 0.3 is 5.97 Å². The molecule has 0 radical (unpaired) electrons. The Morgan fingerprint density at radius 1 is 1.50 bits per heavy atom. The minimum Gasteiger partial charge on any atom is -0.465 e. The summed E-state index contributed by atoms with van der Waals surface area (Å²) in [7, 11) is 0. The number of rotatable bonds is 3. The van der Waals surface area contributed by atoms with Crippen LogP contribution in [0.4, 0.5) is 0 Å². The first-order valence-corrected chi connectivity index (χ1v) is 6.27. The van der Waals surface area contributed by atoms with Crippen LogP contribution in [0, 0.1) is 5.41 Å². The molecule has 2 aliphatic rings. The van der Waals surface area contributed by atoms with Gasteiger partial charge in [0.25, 0.3) is 0 Å². The minimum absolute atomic E-state index is 0.190. The third kappa shape index (κ3) is 1.36. The van der Waals surface area contributed by atoms with Crippen molar-refractivity contribution in [3.63, 3.8) is 0 Å². The average Bonchev–Trinajstić information content (AvgIpc) is 2.87. The smallest absolute Gasteiger partial charge is 0.315 e. The maximum Gasteiger partial charge on any atom is 0.315 e. The zero-order valence-corrected chi connectivity index (χ0v) is 9.23. The van der Waals surface area contributed by atoms with Crippen molar-refractivity contribution in [2.45, 2.75) is 31.8 Å². The van der Waals surface area contributed by atoms with Crippen LogP contribution in [0.25, 0.3) is 0 Å². The average molecular weight is 216 g/mol. The second-order valence-electron chi connectivity index (χ2n) is 4.14. The first kappa shape index (κ1) is 10.3. The fourth-order valence-electron chi connectivity index (χ4n) is 2.19. The molecule has 1 saturated heterocycles. The number of esters is 1. The van der Waals surface area contributed by atoms with Gasteiger partial charge in [-0.1, -0.05) is 0 Å². The van der Waals surface area contributed by atoms with Gasteiger partial charge < -0.3 is 9.84 Å². The SMILES string of the molecule is CCOC(=O)C1(C2(O)CCSC2)CC1. The summed E-state index contributed by atoms with van der Waals surface area (Å²) in [6.07, 6.45) is 2.32. The Labute approximate surface area is 88.2 Å². The lowest BCUT2D eigenvalue weighted by atomic mass is 9.83. The third-order valence-electron chi connectivity index (χ3n) is 3.31. The predicted octanol–water partition coefficient (Wildman–Crippen LogP) is 1.20. The molecule has 1 saturated carbocycles. The lowest BCUT2D eigenvalue weighted by Crippen LogP contribution is -2.45. The van der Waals surface area contributed by atoms with E-state index in [0.29, 0.717) is 12.4 Å². The molecule has 0 aromatic heterocycles. The Kier molecular flexibility index (Phi) is 2.52. The Morgan fingerprint density at radius 2 is 2.21 bits per heavy atom. The van der Waals surface area contributed by atoms with Crippen molar-refractivity contribution in [1.29, 1.82) is 0 Å². The highest BCUT2D eigenvalue weighted by Crippen LogP contribution is 2.59. The van der Waals surface area contributed by atoms with Crippen molar-refractivity contribution in [3.05, 3.63) is 0 Å². The minimum atomic E-state index is -0.788. The number of hydrogen-bond acceptors (Lipinski definition) is 4. The van der Waals surface area contributed by atoms with Gasteiger partial charge in [0.05, 0.1) is 17.6 Å². The number of ether oxygens (including phenoxy) is 1. The van der Waals surface area contributed by atoms with Crippen molar-refractivity contribution in [2.24, 2.45) is 5.41 Å². The van der Waals surface area contributed by atoms with Crippen LogP contribution in [0.3, 0.4) is 0 Å². The molecule has 1 N–H and O–H groups in total. The van der Waals surface area contributed by atoms with Crippen LogP contribution in [-0.4, -0.2) is 34.8 Å². The summed E-state index contributed by atoms with van der Waals surface area (Å²) in [6.45, 7) is 2.21. The summed E-state index contributed by atoms with van der Waals surface area (Å²) in [5.74, 6) is 1.45. The molecule has 0 spiro atoms. The van der Waals surface area contributed by atoms with Gasteiger partial charge in [-0.2, -0.15) is 11.8 Å². The van der Waals surface area contributed by atoms with E-state index in [4.69, 9.17) is 4.74 Å². The number of carbonyl (C=O) groups is 1. The fourth-order valence-corrected chi connectivity index (χ4v) is 3.57. The van der Waals surface area contributed by atoms with E-state index < -0.39 is 11.0 Å². The standard InChI is InChI=1S/C10H16O3S/c1-2-13-8(11)9(3-4-9)10(12)5-6-14-7-10/h12H,2-7H2,1H3. The summed E-state index contributed by atoms with van der Waals surface area (Å²) in [5, 5.41) is 10.4. The molecule has 1 aliphatic carbocycles. The Hall–Kier alpha value is -0.220. The zero-order valence-electron chi connectivity index (χ0n) is 8.41. The molecule has 0 aromatic rings. The van der Waals surface area contributed by atoms with Crippen molar-refractivity contribution in [3.8, 4) is 0 Å². The van der Waals surface area contributed by atoms with Gasteiger partial charge in [0.2, 0.25) is 0 Å². The van der Waals surface area contributed by atoms with Crippen LogP contribution < -0.4 is 0 Å². The lowest BCUT2D eigenvalue weighted by Gasteiger charge is -2.30. The van der Waals surface area contributed by atoms with Gasteiger partial charge in [-0.05, 0) is 31.9 Å². The predicted molar refractivity (Wildman–Crippen MR) is 55.2 cm³/mol. The Balaban J connectivity index is 2.11. The van der Waals surface area contributed by atoms with Crippen molar-refractivity contribution >= 4 is 17.7 Å². The van der Waals surface area contributed by atoms with E-state index in [1.807, 2.05) is 0 Å². The molecule has 1 heterocycles. The second-order valence-corrected chi connectivity index (χ2v) is 5.24. The molecule has 0 amide bonds. The normalized spacial score (nSPS) is 34.1. The monoisotopic (exact) mass is 216 g/mol. The van der Waals surface area contributed by atoms with Gasteiger partial charge in [-0.25, -0.2) is 0 Å². The Bertz CT molecular complexity index is 242. The fraction of sp³-hybridized carbons (Fsp3) is 0.900. The molecule has 3 nitrogen and oxygen atoms in total. The van der Waals surface area contributed by atoms with E-state index >= 15 is 0 Å². The van der Waals surface area contributed by atoms with E-state index in [-0.39, 0.29) is 5.97 Å². The molecule has 14 heavy (non-hydrogen) atoms. The van der Waals surface area contributed by atoms with E-state index in [1.54, 1.807) is 18.7 Å². The van der Waals surface area contributed by atoms with E-state index in [1.165, 1.54) is 0 Å². The highest BCUT2D eigenvalue weighted by Gasteiger charge is 2.65. The van der Waals surface area contributed by atoms with Crippen LogP contribution in [0.15, 0.2) is 0 Å². The number of thioether (sulfide) groups is 1. The second kappa shape index (κ2) is 3.42. The highest BCUT2D eigenvalue weighted by molar-refractivity contribution is 7.99. The zero-order chi connectivity index (χ0) is 10.2. The van der Waals surface area contributed by atoms with Crippen molar-refractivity contribution < 1.29 is 14.6 Å². The van der Waals surface area contributed by atoms with Crippen LogP contribution in [0.5, 0.6) is 0 Å². The summed E-state index contributed by atoms with van der Waals surface area (Å²) >= 11 is 1.73. The van der Waals surface area contributed by atoms with Gasteiger partial charge in [0, 0.05) is 5.75 Å². The first-order chi connectivity index (χ1) is 6.65. The van der Waals surface area contributed by atoms with E-state index in [2.05, 4.69) is 0 Å². The highest BCUT2D eigenvalue weighted by atomic mass is 32.2. The first-order valence-electron chi connectivity index (χ1n) is 5.12. The maximum absolute atomic E-state index is 11.7. The quantitative estimate of drug-likeness (QED) is 0.720. The van der Waals surface area contributed by atoms with Crippen LogP contribution in [0.2, 0.25) is 0 Å². The molecule has 0 bridgehead atoms. The molecule has 2 fully saturated rings. The van der Waals surface area contributed by atoms with Crippen molar-refractivity contribution in [2.75, 3.05) is 18.1 Å². The van der Waals surface area contributed by atoms with Gasteiger partial charge in [0.15, 0.2) is 0 Å². The van der Waals surface area contributed by atoms with Gasteiger partial charge in [-0.3, -0.25) is 4.79 Å². The molecule has 1 atom stereocenters. The molecule has 1 unspecified atom stereocenters. The number of hydrogen-bond donors (Lipinski definition) is 1. The molecular weight excluding hydrogens is 200 g/mol. The molecule has 2 rings (SSSR count). The molecule has 4 heteroatoms. The number of carbonyl (C=O) groups excluding carboxylic acids is 1. The summed E-state index contributed by atoms with van der Waals surface area (Å²) < 4.78 is 5.04. The molecular formula is C10H16O3S. The van der Waals surface area contributed by atoms with Gasteiger partial charge in [-0.15, -0.1) is 0 Å². The molecule has 80 valence electrons. The van der Waals surface area contributed by atoms with Crippen LogP contribution in [-0.2, 0) is 9.53 Å². The summed E-state index contributed by atoms with van der Waals surface area (Å²) in [5.41, 5.74) is -1.34. The summed E-state index contributed by atoms with van der Waals surface area (Å²) in [6, 6.07) is 0. The van der Waals surface area contributed by atoms with E-state index in [0.717, 1.165) is 25.0 Å². The summed E-state index contributed by atoms with van der Waals surface area (Å²) in [4.78, 5) is 11.7. The number of aliphatic hydroxyl groups is 1. The van der Waals surface area contributed by atoms with Crippen LogP contribution in [0.1, 0.15) is 26.2 Å². The Morgan fingerprint density at radius 3 is 2.64 bits per heavy atom. The lowest BCUT2D eigenvalue weighted by molar-refractivity contribution is -0.160. The van der Waals surface area contributed by atoms with Crippen LogP contribution >= 0.6 is 11.8 Å².